The highest BCUT2D eigenvalue weighted by Crippen LogP contribution is 2.18. The Morgan fingerprint density at radius 3 is 2.54 bits per heavy atom. The van der Waals surface area contributed by atoms with Crippen LogP contribution in [0.1, 0.15) is 12.6 Å². The molecule has 0 atom stereocenters. The summed E-state index contributed by atoms with van der Waals surface area (Å²) in [5.41, 5.74) is 1.19. The number of nitrogens with zero attached hydrogens (tertiary/aromatic N) is 3. The first-order chi connectivity index (χ1) is 13.4. The molecule has 1 aliphatic heterocycles. The van der Waals surface area contributed by atoms with Crippen molar-refractivity contribution in [1.82, 2.24) is 14.8 Å². The van der Waals surface area contributed by atoms with Gasteiger partial charge in [0.25, 0.3) is 0 Å². The number of carbonyl (C=O) groups is 3. The summed E-state index contributed by atoms with van der Waals surface area (Å²) >= 11 is 7.16. The van der Waals surface area contributed by atoms with E-state index in [-0.39, 0.29) is 24.3 Å². The van der Waals surface area contributed by atoms with E-state index >= 15 is 0 Å². The largest absolute Gasteiger partial charge is 0.339 e. The second-order valence-electron chi connectivity index (χ2n) is 6.30. The van der Waals surface area contributed by atoms with Crippen LogP contribution in [0, 0.1) is 0 Å². The van der Waals surface area contributed by atoms with Gasteiger partial charge in [-0.25, -0.2) is 9.78 Å². The minimum absolute atomic E-state index is 0.0145. The van der Waals surface area contributed by atoms with Crippen LogP contribution in [-0.2, 0) is 16.0 Å². The molecule has 1 saturated heterocycles. The van der Waals surface area contributed by atoms with Crippen LogP contribution in [0.3, 0.4) is 0 Å². The Bertz CT molecular complexity index is 880. The maximum atomic E-state index is 12.3. The van der Waals surface area contributed by atoms with E-state index in [1.165, 1.54) is 18.3 Å². The molecule has 2 N–H and O–H groups in total. The summed E-state index contributed by atoms with van der Waals surface area (Å²) < 4.78 is 0. The molecule has 1 fully saturated rings. The van der Waals surface area contributed by atoms with Gasteiger partial charge in [0.15, 0.2) is 5.13 Å². The lowest BCUT2D eigenvalue weighted by molar-refractivity contribution is -0.130. The third kappa shape index (κ3) is 5.43. The predicted molar refractivity (Wildman–Crippen MR) is 109 cm³/mol. The maximum absolute atomic E-state index is 12.3. The van der Waals surface area contributed by atoms with Crippen molar-refractivity contribution in [3.05, 3.63) is 40.4 Å². The van der Waals surface area contributed by atoms with E-state index in [9.17, 15) is 14.4 Å². The Morgan fingerprint density at radius 2 is 1.86 bits per heavy atom. The number of aromatic nitrogens is 1. The first-order valence-electron chi connectivity index (χ1n) is 8.72. The number of hydrogen-bond donors (Lipinski definition) is 2. The van der Waals surface area contributed by atoms with Crippen molar-refractivity contribution in [3.8, 4) is 0 Å². The summed E-state index contributed by atoms with van der Waals surface area (Å²) in [7, 11) is 0. The van der Waals surface area contributed by atoms with Gasteiger partial charge < -0.3 is 15.1 Å². The zero-order valence-corrected chi connectivity index (χ0v) is 16.8. The third-order valence-electron chi connectivity index (χ3n) is 4.23. The highest BCUT2D eigenvalue weighted by Gasteiger charge is 2.23. The minimum atomic E-state index is -0.257. The molecule has 0 spiro atoms. The van der Waals surface area contributed by atoms with Gasteiger partial charge in [-0.1, -0.05) is 17.7 Å². The van der Waals surface area contributed by atoms with Gasteiger partial charge in [0.05, 0.1) is 12.1 Å². The number of anilines is 2. The van der Waals surface area contributed by atoms with Crippen LogP contribution in [0.15, 0.2) is 29.6 Å². The number of benzene rings is 1. The predicted octanol–water partition coefficient (Wildman–Crippen LogP) is 2.67. The van der Waals surface area contributed by atoms with Crippen LogP contribution in [0.2, 0.25) is 5.02 Å². The Morgan fingerprint density at radius 1 is 1.14 bits per heavy atom. The lowest BCUT2D eigenvalue weighted by atomic mass is 10.3. The van der Waals surface area contributed by atoms with Gasteiger partial charge in [-0.15, -0.1) is 11.3 Å². The second-order valence-corrected chi connectivity index (χ2v) is 7.60. The zero-order chi connectivity index (χ0) is 20.1. The highest BCUT2D eigenvalue weighted by atomic mass is 35.5. The van der Waals surface area contributed by atoms with E-state index in [2.05, 4.69) is 15.6 Å². The van der Waals surface area contributed by atoms with Crippen molar-refractivity contribution in [2.45, 2.75) is 13.3 Å². The van der Waals surface area contributed by atoms with E-state index in [1.807, 2.05) is 0 Å². The summed E-state index contributed by atoms with van der Waals surface area (Å²) in [6, 6.07) is 6.64. The van der Waals surface area contributed by atoms with Gasteiger partial charge in [-0.05, 0) is 18.2 Å². The zero-order valence-electron chi connectivity index (χ0n) is 15.3. The first kappa shape index (κ1) is 20.1. The molecule has 1 aromatic carbocycles. The van der Waals surface area contributed by atoms with Crippen LogP contribution >= 0.6 is 22.9 Å². The summed E-state index contributed by atoms with van der Waals surface area (Å²) in [6.45, 7) is 3.53. The second kappa shape index (κ2) is 9.03. The van der Waals surface area contributed by atoms with Crippen molar-refractivity contribution >= 4 is 51.6 Å². The van der Waals surface area contributed by atoms with Gasteiger partial charge >= 0.3 is 6.03 Å². The van der Waals surface area contributed by atoms with Gasteiger partial charge in [0.1, 0.15) is 0 Å². The molecule has 1 aliphatic rings. The molecular formula is C18H20ClN5O3S. The average molecular weight is 422 g/mol. The van der Waals surface area contributed by atoms with Gasteiger partial charge in [0, 0.05) is 49.2 Å². The van der Waals surface area contributed by atoms with Crippen molar-refractivity contribution in [2.24, 2.45) is 0 Å². The Hall–Kier alpha value is -2.65. The van der Waals surface area contributed by atoms with Crippen LogP contribution in [-0.4, -0.2) is 58.8 Å². The van der Waals surface area contributed by atoms with Crippen molar-refractivity contribution in [3.63, 3.8) is 0 Å². The number of amides is 4. The first-order valence-corrected chi connectivity index (χ1v) is 9.98. The number of carbonyl (C=O) groups excluding carboxylic acids is 3. The molecule has 0 saturated carbocycles. The normalized spacial score (nSPS) is 13.9. The van der Waals surface area contributed by atoms with Crippen LogP contribution in [0.4, 0.5) is 15.6 Å². The van der Waals surface area contributed by atoms with Crippen LogP contribution in [0.25, 0.3) is 0 Å². The Balaban J connectivity index is 1.49. The van der Waals surface area contributed by atoms with Crippen molar-refractivity contribution in [2.75, 3.05) is 36.8 Å². The molecule has 28 heavy (non-hydrogen) atoms. The maximum Gasteiger partial charge on any atom is 0.323 e. The van der Waals surface area contributed by atoms with Crippen LogP contribution < -0.4 is 10.6 Å². The highest BCUT2D eigenvalue weighted by molar-refractivity contribution is 7.13. The van der Waals surface area contributed by atoms with E-state index in [1.54, 1.807) is 39.4 Å². The molecule has 1 aromatic heterocycles. The van der Waals surface area contributed by atoms with Gasteiger partial charge in [-0.3, -0.25) is 14.9 Å². The van der Waals surface area contributed by atoms with Crippen molar-refractivity contribution < 1.29 is 14.4 Å². The number of halogens is 1. The van der Waals surface area contributed by atoms with Gasteiger partial charge in [-0.2, -0.15) is 0 Å². The van der Waals surface area contributed by atoms with Crippen LogP contribution in [0.5, 0.6) is 0 Å². The molecule has 8 nitrogen and oxygen atoms in total. The van der Waals surface area contributed by atoms with Gasteiger partial charge in [0.2, 0.25) is 11.8 Å². The standard InChI is InChI=1S/C18H20ClN5O3S/c1-12(25)23-5-7-24(8-6-23)18(27)22-17-21-15(11-28-17)10-16(26)20-14-4-2-3-13(19)9-14/h2-4,9,11H,5-8,10H2,1H3,(H,20,26)(H,21,22,27). The molecule has 0 bridgehead atoms. The molecular weight excluding hydrogens is 402 g/mol. The number of hydrogen-bond acceptors (Lipinski definition) is 5. The number of urea groups is 1. The minimum Gasteiger partial charge on any atom is -0.339 e. The fourth-order valence-corrected chi connectivity index (χ4v) is 3.67. The smallest absolute Gasteiger partial charge is 0.323 e. The Labute approximate surface area is 171 Å². The SMILES string of the molecule is CC(=O)N1CCN(C(=O)Nc2nc(CC(=O)Nc3cccc(Cl)c3)cs2)CC1. The molecule has 4 amide bonds. The molecule has 0 aliphatic carbocycles. The van der Waals surface area contributed by atoms with Crippen molar-refractivity contribution in [1.29, 1.82) is 0 Å². The monoisotopic (exact) mass is 421 g/mol. The lowest BCUT2D eigenvalue weighted by Crippen LogP contribution is -2.51. The number of nitrogens with one attached hydrogen (secondary N) is 2. The summed E-state index contributed by atoms with van der Waals surface area (Å²) in [6.07, 6.45) is 0.0934. The average Bonchev–Trinajstić information content (AvgIpc) is 3.08. The van der Waals surface area contributed by atoms with E-state index in [4.69, 9.17) is 11.6 Å². The molecule has 148 valence electrons. The summed E-state index contributed by atoms with van der Waals surface area (Å²) in [5, 5.41) is 8.22. The van der Waals surface area contributed by atoms with E-state index in [0.717, 1.165) is 0 Å². The number of rotatable bonds is 4. The summed E-state index contributed by atoms with van der Waals surface area (Å²) in [4.78, 5) is 43.5. The fourth-order valence-electron chi connectivity index (χ4n) is 2.78. The summed E-state index contributed by atoms with van der Waals surface area (Å²) in [5.74, 6) is -0.202. The molecule has 3 rings (SSSR count). The third-order valence-corrected chi connectivity index (χ3v) is 5.27. The molecule has 2 heterocycles. The number of thiazole rings is 1. The Kier molecular flexibility index (Phi) is 6.48. The lowest BCUT2D eigenvalue weighted by Gasteiger charge is -2.33. The molecule has 0 radical (unpaired) electrons. The quantitative estimate of drug-likeness (QED) is 0.793. The van der Waals surface area contributed by atoms with E-state index < -0.39 is 0 Å². The molecule has 10 heteroatoms. The van der Waals surface area contributed by atoms with E-state index in [0.29, 0.717) is 47.7 Å². The molecule has 2 aromatic rings. The number of piperazine rings is 1. The topological polar surface area (TPSA) is 94.6 Å². The fraction of sp³-hybridized carbons (Fsp3) is 0.333. The molecule has 0 unspecified atom stereocenters.